The van der Waals surface area contributed by atoms with Crippen LogP contribution in [0.3, 0.4) is 0 Å². The van der Waals surface area contributed by atoms with Gasteiger partial charge in [-0.3, -0.25) is 9.59 Å². The van der Waals surface area contributed by atoms with E-state index in [9.17, 15) is 22.4 Å². The molecule has 0 aliphatic heterocycles. The molecule has 7 nitrogen and oxygen atoms in total. The van der Waals surface area contributed by atoms with Crippen LogP contribution in [0.15, 0.2) is 71.6 Å². The predicted molar refractivity (Wildman–Crippen MR) is 138 cm³/mol. The number of carbonyl (C=O) groups is 2. The number of amides is 2. The highest BCUT2D eigenvalue weighted by Crippen LogP contribution is 2.22. The highest BCUT2D eigenvalue weighted by Gasteiger charge is 2.32. The lowest BCUT2D eigenvalue weighted by atomic mass is 10.1. The lowest BCUT2D eigenvalue weighted by molar-refractivity contribution is -0.141. The maximum absolute atomic E-state index is 14.4. The standard InChI is InChI=1S/C27H32FN3O4S/c1-19(26(33)29-27(2,3)4)31(17-22-12-8-9-13-24(22)28)25(32)18-30(5)36(34,35)23-15-14-20-10-6-7-11-21(20)16-23/h6-16,19H,17-18H2,1-5H3,(H,29,33)/t19-/m0/s1. The van der Waals surface area contributed by atoms with Crippen LogP contribution in [-0.2, 0) is 26.2 Å². The van der Waals surface area contributed by atoms with Crippen LogP contribution in [0.2, 0.25) is 0 Å². The van der Waals surface area contributed by atoms with Crippen molar-refractivity contribution >= 4 is 32.6 Å². The third-order valence-electron chi connectivity index (χ3n) is 5.75. The minimum Gasteiger partial charge on any atom is -0.350 e. The molecule has 0 bridgehead atoms. The number of likely N-dealkylation sites (N-methyl/N-ethyl adjacent to an activating group) is 1. The Balaban J connectivity index is 1.87. The molecule has 0 aliphatic rings. The number of rotatable bonds is 8. The summed E-state index contributed by atoms with van der Waals surface area (Å²) in [6, 6.07) is 17.1. The molecule has 0 unspecified atom stereocenters. The molecular formula is C27H32FN3O4S. The Labute approximate surface area is 212 Å². The summed E-state index contributed by atoms with van der Waals surface area (Å²) in [6.07, 6.45) is 0. The third-order valence-corrected chi connectivity index (χ3v) is 7.55. The van der Waals surface area contributed by atoms with Crippen LogP contribution in [-0.4, -0.2) is 54.6 Å². The van der Waals surface area contributed by atoms with Crippen LogP contribution in [0.25, 0.3) is 10.8 Å². The van der Waals surface area contributed by atoms with Crippen LogP contribution in [0.5, 0.6) is 0 Å². The van der Waals surface area contributed by atoms with Gasteiger partial charge in [0.15, 0.2) is 0 Å². The van der Waals surface area contributed by atoms with E-state index in [-0.39, 0.29) is 17.0 Å². The van der Waals surface area contributed by atoms with Crippen molar-refractivity contribution in [1.29, 1.82) is 0 Å². The van der Waals surface area contributed by atoms with E-state index < -0.39 is 45.8 Å². The summed E-state index contributed by atoms with van der Waals surface area (Å²) in [5.74, 6) is -1.57. The largest absolute Gasteiger partial charge is 0.350 e. The molecule has 0 fully saturated rings. The molecule has 192 valence electrons. The Morgan fingerprint density at radius 1 is 0.972 bits per heavy atom. The average Bonchev–Trinajstić information content (AvgIpc) is 2.81. The van der Waals surface area contributed by atoms with E-state index in [1.165, 1.54) is 43.1 Å². The average molecular weight is 514 g/mol. The Morgan fingerprint density at radius 3 is 2.22 bits per heavy atom. The van der Waals surface area contributed by atoms with Crippen molar-refractivity contribution in [3.05, 3.63) is 78.1 Å². The van der Waals surface area contributed by atoms with Gasteiger partial charge >= 0.3 is 0 Å². The smallest absolute Gasteiger partial charge is 0.243 e. The van der Waals surface area contributed by atoms with Gasteiger partial charge in [0.25, 0.3) is 0 Å². The molecule has 36 heavy (non-hydrogen) atoms. The quantitative estimate of drug-likeness (QED) is 0.495. The van der Waals surface area contributed by atoms with Crippen molar-refractivity contribution in [1.82, 2.24) is 14.5 Å². The number of nitrogens with one attached hydrogen (secondary N) is 1. The van der Waals surface area contributed by atoms with E-state index in [1.54, 1.807) is 18.2 Å². The van der Waals surface area contributed by atoms with Crippen LogP contribution >= 0.6 is 0 Å². The summed E-state index contributed by atoms with van der Waals surface area (Å²) in [4.78, 5) is 27.5. The van der Waals surface area contributed by atoms with Gasteiger partial charge in [0.1, 0.15) is 11.9 Å². The summed E-state index contributed by atoms with van der Waals surface area (Å²) in [7, 11) is -2.69. The van der Waals surface area contributed by atoms with Crippen molar-refractivity contribution in [2.24, 2.45) is 0 Å². The Morgan fingerprint density at radius 2 is 1.58 bits per heavy atom. The SMILES string of the molecule is C[C@@H](C(=O)NC(C)(C)C)N(Cc1ccccc1F)C(=O)CN(C)S(=O)(=O)c1ccc2ccccc2c1. The fraction of sp³-hybridized carbons (Fsp3) is 0.333. The van der Waals surface area contributed by atoms with Gasteiger partial charge in [-0.1, -0.05) is 48.5 Å². The van der Waals surface area contributed by atoms with Gasteiger partial charge in [0.05, 0.1) is 11.4 Å². The van der Waals surface area contributed by atoms with Gasteiger partial charge in [-0.15, -0.1) is 0 Å². The van der Waals surface area contributed by atoms with Gasteiger partial charge in [0, 0.05) is 24.7 Å². The highest BCUT2D eigenvalue weighted by molar-refractivity contribution is 7.89. The first-order valence-electron chi connectivity index (χ1n) is 11.6. The van der Waals surface area contributed by atoms with Crippen molar-refractivity contribution in [2.45, 2.75) is 50.7 Å². The minimum atomic E-state index is -4.00. The summed E-state index contributed by atoms with van der Waals surface area (Å²) >= 11 is 0. The summed E-state index contributed by atoms with van der Waals surface area (Å²) in [6.45, 7) is 6.27. The maximum Gasteiger partial charge on any atom is 0.243 e. The molecule has 0 saturated heterocycles. The number of benzene rings is 3. The first kappa shape index (κ1) is 27.3. The lowest BCUT2D eigenvalue weighted by Gasteiger charge is -2.32. The van der Waals surface area contributed by atoms with E-state index >= 15 is 0 Å². The number of hydrogen-bond acceptors (Lipinski definition) is 4. The van der Waals surface area contributed by atoms with Crippen LogP contribution in [0, 0.1) is 5.82 Å². The molecule has 0 aliphatic carbocycles. The van der Waals surface area contributed by atoms with Crippen LogP contribution in [0.4, 0.5) is 4.39 Å². The second-order valence-electron chi connectivity index (χ2n) is 9.80. The molecule has 9 heteroatoms. The van der Waals surface area contributed by atoms with E-state index in [0.717, 1.165) is 15.1 Å². The second kappa shape index (κ2) is 10.8. The number of sulfonamides is 1. The van der Waals surface area contributed by atoms with Gasteiger partial charge < -0.3 is 10.2 Å². The number of hydrogen-bond donors (Lipinski definition) is 1. The van der Waals surface area contributed by atoms with Gasteiger partial charge in [-0.05, 0) is 56.7 Å². The lowest BCUT2D eigenvalue weighted by Crippen LogP contribution is -2.54. The van der Waals surface area contributed by atoms with E-state index in [0.29, 0.717) is 0 Å². The highest BCUT2D eigenvalue weighted by atomic mass is 32.2. The van der Waals surface area contributed by atoms with Crippen molar-refractivity contribution in [3.63, 3.8) is 0 Å². The zero-order valence-corrected chi connectivity index (χ0v) is 22.0. The fourth-order valence-corrected chi connectivity index (χ4v) is 4.90. The minimum absolute atomic E-state index is 0.0516. The monoisotopic (exact) mass is 513 g/mol. The molecule has 0 heterocycles. The van der Waals surface area contributed by atoms with Crippen LogP contribution in [0.1, 0.15) is 33.3 Å². The number of halogens is 1. The zero-order valence-electron chi connectivity index (χ0n) is 21.2. The molecule has 0 spiro atoms. The topological polar surface area (TPSA) is 86.8 Å². The molecule has 0 saturated carbocycles. The number of carbonyl (C=O) groups excluding carboxylic acids is 2. The number of fused-ring (bicyclic) bond motifs is 1. The molecule has 1 atom stereocenters. The summed E-state index contributed by atoms with van der Waals surface area (Å²) < 4.78 is 41.9. The molecular weight excluding hydrogens is 481 g/mol. The number of nitrogens with zero attached hydrogens (tertiary/aromatic N) is 2. The molecule has 3 aromatic rings. The van der Waals surface area contributed by atoms with Crippen molar-refractivity contribution in [3.8, 4) is 0 Å². The van der Waals surface area contributed by atoms with Crippen molar-refractivity contribution < 1.29 is 22.4 Å². The molecule has 1 N–H and O–H groups in total. The Kier molecular flexibility index (Phi) is 8.15. The van der Waals surface area contributed by atoms with E-state index in [1.807, 2.05) is 45.0 Å². The van der Waals surface area contributed by atoms with E-state index in [2.05, 4.69) is 5.32 Å². The Hall–Kier alpha value is -3.30. The molecule has 0 aromatic heterocycles. The zero-order chi connectivity index (χ0) is 26.7. The fourth-order valence-electron chi connectivity index (χ4n) is 3.74. The Bertz CT molecular complexity index is 1370. The molecule has 2 amide bonds. The van der Waals surface area contributed by atoms with E-state index in [4.69, 9.17) is 0 Å². The normalized spacial score (nSPS) is 13.0. The van der Waals surface area contributed by atoms with Crippen molar-refractivity contribution in [2.75, 3.05) is 13.6 Å². The maximum atomic E-state index is 14.4. The summed E-state index contributed by atoms with van der Waals surface area (Å²) in [5.41, 5.74) is -0.324. The predicted octanol–water partition coefficient (Wildman–Crippen LogP) is 3.93. The van der Waals surface area contributed by atoms with Gasteiger partial charge in [-0.2, -0.15) is 4.31 Å². The summed E-state index contributed by atoms with van der Waals surface area (Å²) in [5, 5.41) is 4.47. The first-order chi connectivity index (χ1) is 16.8. The molecule has 3 rings (SSSR count). The molecule has 0 radical (unpaired) electrons. The second-order valence-corrected chi connectivity index (χ2v) is 11.8. The van der Waals surface area contributed by atoms with Gasteiger partial charge in [0.2, 0.25) is 21.8 Å². The molecule has 3 aromatic carbocycles. The van der Waals surface area contributed by atoms with Gasteiger partial charge in [-0.25, -0.2) is 12.8 Å². The van der Waals surface area contributed by atoms with Crippen LogP contribution < -0.4 is 5.32 Å². The third kappa shape index (κ3) is 6.47. The first-order valence-corrected chi connectivity index (χ1v) is 13.0.